The molecule has 0 atom stereocenters. The summed E-state index contributed by atoms with van der Waals surface area (Å²) in [5.74, 6) is -0.0706. The summed E-state index contributed by atoms with van der Waals surface area (Å²) in [6, 6.07) is 10.7. The van der Waals surface area contributed by atoms with Crippen LogP contribution in [0.4, 0.5) is 11.4 Å². The first-order valence-electron chi connectivity index (χ1n) is 10.1. The van der Waals surface area contributed by atoms with E-state index in [-0.39, 0.29) is 27.4 Å². The highest BCUT2D eigenvalue weighted by Crippen LogP contribution is 2.32. The lowest BCUT2D eigenvalue weighted by molar-refractivity contribution is -0.131. The van der Waals surface area contributed by atoms with Gasteiger partial charge in [-0.2, -0.15) is 0 Å². The van der Waals surface area contributed by atoms with Crippen LogP contribution in [0.2, 0.25) is 10.0 Å². The third kappa shape index (κ3) is 5.82. The normalized spacial score (nSPS) is 13.5. The monoisotopic (exact) mass is 494 g/mol. The minimum absolute atomic E-state index is 0.132. The molecule has 0 bridgehead atoms. The van der Waals surface area contributed by atoms with Gasteiger partial charge in [-0.1, -0.05) is 30.1 Å². The van der Waals surface area contributed by atoms with Crippen molar-refractivity contribution in [1.29, 1.82) is 0 Å². The van der Waals surface area contributed by atoms with Crippen LogP contribution in [0.3, 0.4) is 0 Å². The summed E-state index contributed by atoms with van der Waals surface area (Å²) in [5.41, 5.74) is 1.98. The Kier molecular flexibility index (Phi) is 8.17. The van der Waals surface area contributed by atoms with E-state index in [0.717, 1.165) is 37.6 Å². The standard InChI is InChI=1S/C22H24Cl2N4O3S/c1-3-19(29)28-10-8-27(9-11-28)16-6-4-15(5-7-16)25-22(32)26-21(30)17-12-14(23)13-18(24)20(17)31-2/h4-7,12-13H,3,8-11H2,1-2H3,(H2,25,26,30,32). The van der Waals surface area contributed by atoms with Gasteiger partial charge in [-0.25, -0.2) is 0 Å². The van der Waals surface area contributed by atoms with Crippen LogP contribution >= 0.6 is 35.4 Å². The minimum atomic E-state index is -0.486. The fourth-order valence-corrected chi connectivity index (χ4v) is 4.24. The molecular weight excluding hydrogens is 471 g/mol. The van der Waals surface area contributed by atoms with Gasteiger partial charge < -0.3 is 19.9 Å². The topological polar surface area (TPSA) is 73.9 Å². The first kappa shape index (κ1) is 24.1. The molecule has 0 spiro atoms. The number of benzene rings is 2. The lowest BCUT2D eigenvalue weighted by Gasteiger charge is -2.36. The maximum absolute atomic E-state index is 12.6. The second-order valence-corrected chi connectivity index (χ2v) is 8.40. The molecule has 2 aromatic rings. The quantitative estimate of drug-likeness (QED) is 0.607. The van der Waals surface area contributed by atoms with Gasteiger partial charge in [0.1, 0.15) is 5.75 Å². The number of hydrogen-bond acceptors (Lipinski definition) is 5. The maximum Gasteiger partial charge on any atom is 0.261 e. The van der Waals surface area contributed by atoms with Crippen LogP contribution in [0.25, 0.3) is 0 Å². The van der Waals surface area contributed by atoms with Crippen molar-refractivity contribution in [2.24, 2.45) is 0 Å². The number of rotatable bonds is 5. The van der Waals surface area contributed by atoms with Crippen LogP contribution in [0.5, 0.6) is 5.75 Å². The molecule has 3 rings (SSSR count). The van der Waals surface area contributed by atoms with E-state index in [4.69, 9.17) is 40.2 Å². The third-order valence-electron chi connectivity index (χ3n) is 5.11. The zero-order valence-electron chi connectivity index (χ0n) is 17.8. The molecular formula is C22H24Cl2N4O3S. The lowest BCUT2D eigenvalue weighted by atomic mass is 10.2. The number of nitrogens with zero attached hydrogens (tertiary/aromatic N) is 2. The number of methoxy groups -OCH3 is 1. The van der Waals surface area contributed by atoms with Gasteiger partial charge in [-0.05, 0) is 48.6 Å². The molecule has 2 aromatic carbocycles. The summed E-state index contributed by atoms with van der Waals surface area (Å²) in [6.07, 6.45) is 0.536. The van der Waals surface area contributed by atoms with Crippen molar-refractivity contribution in [3.8, 4) is 5.75 Å². The van der Waals surface area contributed by atoms with Crippen LogP contribution in [-0.4, -0.2) is 55.1 Å². The van der Waals surface area contributed by atoms with Gasteiger partial charge in [0.2, 0.25) is 5.91 Å². The number of halogens is 2. The van der Waals surface area contributed by atoms with Gasteiger partial charge >= 0.3 is 0 Å². The Labute approximate surface area is 202 Å². The molecule has 2 N–H and O–H groups in total. The van der Waals surface area contributed by atoms with Crippen molar-refractivity contribution < 1.29 is 14.3 Å². The van der Waals surface area contributed by atoms with Crippen LogP contribution in [0.1, 0.15) is 23.7 Å². The van der Waals surface area contributed by atoms with Crippen LogP contribution in [0.15, 0.2) is 36.4 Å². The van der Waals surface area contributed by atoms with Crippen molar-refractivity contribution in [3.05, 3.63) is 52.0 Å². The van der Waals surface area contributed by atoms with E-state index in [1.54, 1.807) is 0 Å². The molecule has 10 heteroatoms. The Balaban J connectivity index is 1.58. The van der Waals surface area contributed by atoms with E-state index in [1.807, 2.05) is 36.1 Å². The van der Waals surface area contributed by atoms with Crippen LogP contribution < -0.4 is 20.3 Å². The van der Waals surface area contributed by atoms with Gasteiger partial charge in [0.15, 0.2) is 5.11 Å². The maximum atomic E-state index is 12.6. The van der Waals surface area contributed by atoms with E-state index in [9.17, 15) is 9.59 Å². The Morgan fingerprint density at radius 2 is 1.75 bits per heavy atom. The summed E-state index contributed by atoms with van der Waals surface area (Å²) in [6.45, 7) is 4.90. The zero-order chi connectivity index (χ0) is 23.3. The predicted octanol–water partition coefficient (Wildman–Crippen LogP) is 4.19. The van der Waals surface area contributed by atoms with Crippen LogP contribution in [-0.2, 0) is 4.79 Å². The second-order valence-electron chi connectivity index (χ2n) is 7.14. The highest BCUT2D eigenvalue weighted by Gasteiger charge is 2.20. The van der Waals surface area contributed by atoms with E-state index in [1.165, 1.54) is 19.2 Å². The molecule has 1 aliphatic rings. The number of ether oxygens (including phenoxy) is 1. The molecule has 1 heterocycles. The van der Waals surface area contributed by atoms with E-state index in [2.05, 4.69) is 15.5 Å². The highest BCUT2D eigenvalue weighted by molar-refractivity contribution is 7.80. The molecule has 32 heavy (non-hydrogen) atoms. The Bertz CT molecular complexity index is 1010. The van der Waals surface area contributed by atoms with E-state index in [0.29, 0.717) is 11.4 Å². The minimum Gasteiger partial charge on any atom is -0.494 e. The number of nitrogens with one attached hydrogen (secondary N) is 2. The number of thiocarbonyl (C=S) groups is 1. The SMILES string of the molecule is CCC(=O)N1CCN(c2ccc(NC(=S)NC(=O)c3cc(Cl)cc(Cl)c3OC)cc2)CC1. The molecule has 0 aromatic heterocycles. The van der Waals surface area contributed by atoms with Gasteiger partial charge in [0.25, 0.3) is 5.91 Å². The molecule has 0 saturated carbocycles. The van der Waals surface area contributed by atoms with E-state index < -0.39 is 5.91 Å². The molecule has 0 unspecified atom stereocenters. The molecule has 0 aliphatic carbocycles. The Morgan fingerprint density at radius 3 is 2.34 bits per heavy atom. The first-order chi connectivity index (χ1) is 15.3. The summed E-state index contributed by atoms with van der Waals surface area (Å²) in [4.78, 5) is 28.6. The average Bonchev–Trinajstić information content (AvgIpc) is 2.78. The number of amides is 2. The van der Waals surface area contributed by atoms with Crippen molar-refractivity contribution in [2.75, 3.05) is 43.5 Å². The molecule has 1 fully saturated rings. The predicted molar refractivity (Wildman–Crippen MR) is 132 cm³/mol. The highest BCUT2D eigenvalue weighted by atomic mass is 35.5. The largest absolute Gasteiger partial charge is 0.494 e. The first-order valence-corrected chi connectivity index (χ1v) is 11.3. The smallest absolute Gasteiger partial charge is 0.261 e. The molecule has 0 radical (unpaired) electrons. The van der Waals surface area contributed by atoms with Crippen molar-refractivity contribution in [1.82, 2.24) is 10.2 Å². The molecule has 7 nitrogen and oxygen atoms in total. The van der Waals surface area contributed by atoms with E-state index >= 15 is 0 Å². The molecule has 2 amide bonds. The second kappa shape index (κ2) is 10.8. The zero-order valence-corrected chi connectivity index (χ0v) is 20.1. The summed E-state index contributed by atoms with van der Waals surface area (Å²) in [7, 11) is 1.42. The molecule has 1 aliphatic heterocycles. The Morgan fingerprint density at radius 1 is 1.09 bits per heavy atom. The number of carbonyl (C=O) groups excluding carboxylic acids is 2. The summed E-state index contributed by atoms with van der Waals surface area (Å²) < 4.78 is 5.21. The number of anilines is 2. The summed E-state index contributed by atoms with van der Waals surface area (Å²) >= 11 is 17.4. The fourth-order valence-electron chi connectivity index (χ4n) is 3.46. The number of hydrogen-bond donors (Lipinski definition) is 2. The van der Waals surface area contributed by atoms with Crippen molar-refractivity contribution in [3.63, 3.8) is 0 Å². The van der Waals surface area contributed by atoms with Crippen molar-refractivity contribution in [2.45, 2.75) is 13.3 Å². The fraction of sp³-hybridized carbons (Fsp3) is 0.318. The molecule has 1 saturated heterocycles. The van der Waals surface area contributed by atoms with Gasteiger partial charge in [-0.3, -0.25) is 14.9 Å². The summed E-state index contributed by atoms with van der Waals surface area (Å²) in [5, 5.41) is 6.28. The van der Waals surface area contributed by atoms with Crippen molar-refractivity contribution >= 4 is 63.7 Å². The van der Waals surface area contributed by atoms with Gasteiger partial charge in [0.05, 0.1) is 17.7 Å². The van der Waals surface area contributed by atoms with Crippen LogP contribution in [0, 0.1) is 0 Å². The lowest BCUT2D eigenvalue weighted by Crippen LogP contribution is -2.48. The van der Waals surface area contributed by atoms with Gasteiger partial charge in [0, 0.05) is 49.0 Å². The Hall–Kier alpha value is -2.55. The number of carbonyl (C=O) groups is 2. The molecule has 170 valence electrons. The third-order valence-corrected chi connectivity index (χ3v) is 5.81. The van der Waals surface area contributed by atoms with Gasteiger partial charge in [-0.15, -0.1) is 0 Å². The average molecular weight is 495 g/mol. The number of piperazine rings is 1.